The maximum atomic E-state index is 12.6. The molecule has 7 nitrogen and oxygen atoms in total. The van der Waals surface area contributed by atoms with Crippen LogP contribution in [0.25, 0.3) is 0 Å². The van der Waals surface area contributed by atoms with Crippen LogP contribution in [0.4, 0.5) is 4.79 Å². The molecule has 2 heterocycles. The first-order valence-corrected chi connectivity index (χ1v) is 8.15. The lowest BCUT2D eigenvalue weighted by atomic mass is 9.95. The predicted octanol–water partition coefficient (Wildman–Crippen LogP) is 2.41. The zero-order valence-electron chi connectivity index (χ0n) is 13.5. The number of urea groups is 1. The summed E-state index contributed by atoms with van der Waals surface area (Å²) in [5.74, 6) is -0.481. The number of allylic oxidation sites excluding steroid dienone is 1. The third-order valence-corrected chi connectivity index (χ3v) is 4.00. The molecule has 130 valence electrons. The number of rotatable bonds is 5. The van der Waals surface area contributed by atoms with Crippen LogP contribution in [0.3, 0.4) is 0 Å². The first-order valence-electron chi connectivity index (χ1n) is 7.77. The SMILES string of the molecule is CCOC(=O)C1=C(Cn2ccnc2)NC(=O)NC1c1ccc(Cl)cc1. The molecule has 25 heavy (non-hydrogen) atoms. The number of amides is 2. The Morgan fingerprint density at radius 1 is 1.36 bits per heavy atom. The molecule has 1 aliphatic heterocycles. The van der Waals surface area contributed by atoms with Crippen molar-refractivity contribution >= 4 is 23.6 Å². The maximum absolute atomic E-state index is 12.6. The number of carbonyl (C=O) groups excluding carboxylic acids is 2. The van der Waals surface area contributed by atoms with Crippen molar-refractivity contribution < 1.29 is 14.3 Å². The number of imidazole rings is 1. The number of hydrogen-bond donors (Lipinski definition) is 2. The molecule has 1 atom stereocenters. The van der Waals surface area contributed by atoms with E-state index in [-0.39, 0.29) is 12.6 Å². The van der Waals surface area contributed by atoms with Crippen LogP contribution in [0.15, 0.2) is 54.3 Å². The van der Waals surface area contributed by atoms with Gasteiger partial charge < -0.3 is 19.9 Å². The van der Waals surface area contributed by atoms with Gasteiger partial charge in [-0.05, 0) is 24.6 Å². The standard InChI is InChI=1S/C17H17ClN4O3/c1-2-25-16(23)14-13(9-22-8-7-19-10-22)20-17(24)21-15(14)11-3-5-12(18)6-4-11/h3-8,10,15H,2,9H2,1H3,(H2,20,21,24). The fourth-order valence-corrected chi connectivity index (χ4v) is 2.79. The van der Waals surface area contributed by atoms with Crippen LogP contribution in [0.2, 0.25) is 5.02 Å². The lowest BCUT2D eigenvalue weighted by Gasteiger charge is -2.29. The van der Waals surface area contributed by atoms with Gasteiger partial charge in [0.05, 0.1) is 36.8 Å². The van der Waals surface area contributed by atoms with E-state index in [1.165, 1.54) is 0 Å². The Labute approximate surface area is 149 Å². The van der Waals surface area contributed by atoms with Gasteiger partial charge in [-0.1, -0.05) is 23.7 Å². The van der Waals surface area contributed by atoms with Gasteiger partial charge >= 0.3 is 12.0 Å². The normalized spacial score (nSPS) is 17.0. The Morgan fingerprint density at radius 3 is 2.76 bits per heavy atom. The number of ether oxygens (including phenoxy) is 1. The Balaban J connectivity index is 2.05. The molecule has 0 saturated carbocycles. The molecule has 0 saturated heterocycles. The van der Waals surface area contributed by atoms with Crippen LogP contribution in [0.1, 0.15) is 18.5 Å². The van der Waals surface area contributed by atoms with Crippen LogP contribution in [-0.4, -0.2) is 28.2 Å². The summed E-state index contributed by atoms with van der Waals surface area (Å²) in [6.07, 6.45) is 4.99. The van der Waals surface area contributed by atoms with E-state index in [0.29, 0.717) is 22.8 Å². The topological polar surface area (TPSA) is 85.2 Å². The summed E-state index contributed by atoms with van der Waals surface area (Å²) in [7, 11) is 0. The van der Waals surface area contributed by atoms with Crippen LogP contribution in [0.5, 0.6) is 0 Å². The van der Waals surface area contributed by atoms with Crippen molar-refractivity contribution in [3.05, 3.63) is 64.8 Å². The van der Waals surface area contributed by atoms with Crippen LogP contribution < -0.4 is 10.6 Å². The van der Waals surface area contributed by atoms with Crippen molar-refractivity contribution in [1.82, 2.24) is 20.2 Å². The largest absolute Gasteiger partial charge is 0.463 e. The second-order valence-electron chi connectivity index (χ2n) is 5.43. The summed E-state index contributed by atoms with van der Waals surface area (Å²) in [6, 6.07) is 5.96. The highest BCUT2D eigenvalue weighted by Gasteiger charge is 2.33. The third kappa shape index (κ3) is 3.83. The van der Waals surface area contributed by atoms with Gasteiger partial charge in [0.1, 0.15) is 0 Å². The van der Waals surface area contributed by atoms with Crippen LogP contribution in [0, 0.1) is 0 Å². The Bertz CT molecular complexity index is 800. The molecule has 0 radical (unpaired) electrons. The molecule has 2 N–H and O–H groups in total. The number of esters is 1. The molecule has 1 aromatic carbocycles. The summed E-state index contributed by atoms with van der Waals surface area (Å²) in [5.41, 5.74) is 1.57. The maximum Gasteiger partial charge on any atom is 0.338 e. The van der Waals surface area contributed by atoms with E-state index in [1.54, 1.807) is 54.5 Å². The zero-order chi connectivity index (χ0) is 17.8. The number of benzene rings is 1. The van der Waals surface area contributed by atoms with Gasteiger partial charge in [0.25, 0.3) is 0 Å². The van der Waals surface area contributed by atoms with E-state index < -0.39 is 12.0 Å². The molecule has 3 rings (SSSR count). The number of hydrogen-bond acceptors (Lipinski definition) is 4. The summed E-state index contributed by atoms with van der Waals surface area (Å²) >= 11 is 5.94. The first kappa shape index (κ1) is 17.0. The van der Waals surface area contributed by atoms with Gasteiger partial charge in [0.2, 0.25) is 0 Å². The predicted molar refractivity (Wildman–Crippen MR) is 91.7 cm³/mol. The molecule has 1 unspecified atom stereocenters. The van der Waals surface area contributed by atoms with E-state index in [0.717, 1.165) is 5.56 Å². The molecule has 2 amide bonds. The van der Waals surface area contributed by atoms with Crippen molar-refractivity contribution in [1.29, 1.82) is 0 Å². The second-order valence-corrected chi connectivity index (χ2v) is 5.87. The van der Waals surface area contributed by atoms with Crippen LogP contribution >= 0.6 is 11.6 Å². The van der Waals surface area contributed by atoms with Crippen molar-refractivity contribution in [2.45, 2.75) is 19.5 Å². The molecule has 1 aliphatic rings. The van der Waals surface area contributed by atoms with Gasteiger partial charge in [0, 0.05) is 17.4 Å². The fraction of sp³-hybridized carbons (Fsp3) is 0.235. The zero-order valence-corrected chi connectivity index (χ0v) is 14.3. The van der Waals surface area contributed by atoms with E-state index in [1.807, 2.05) is 0 Å². The van der Waals surface area contributed by atoms with Gasteiger partial charge in [-0.3, -0.25) is 0 Å². The van der Waals surface area contributed by atoms with E-state index in [4.69, 9.17) is 16.3 Å². The Kier molecular flexibility index (Phi) is 5.04. The molecule has 0 fully saturated rings. The lowest BCUT2D eigenvalue weighted by molar-refractivity contribution is -0.139. The quantitative estimate of drug-likeness (QED) is 0.802. The molecule has 0 bridgehead atoms. The van der Waals surface area contributed by atoms with Crippen LogP contribution in [-0.2, 0) is 16.1 Å². The van der Waals surface area contributed by atoms with Gasteiger partial charge in [0.15, 0.2) is 0 Å². The average molecular weight is 361 g/mol. The number of carbonyl (C=O) groups is 2. The van der Waals surface area contributed by atoms with E-state index >= 15 is 0 Å². The summed E-state index contributed by atoms with van der Waals surface area (Å²) in [5, 5.41) is 6.06. The minimum absolute atomic E-state index is 0.238. The monoisotopic (exact) mass is 360 g/mol. The average Bonchev–Trinajstić information content (AvgIpc) is 3.08. The number of nitrogens with one attached hydrogen (secondary N) is 2. The van der Waals surface area contributed by atoms with Crippen molar-refractivity contribution in [2.75, 3.05) is 6.61 Å². The first-order chi connectivity index (χ1) is 12.1. The lowest BCUT2D eigenvalue weighted by Crippen LogP contribution is -2.46. The van der Waals surface area contributed by atoms with Crippen molar-refractivity contribution in [3.63, 3.8) is 0 Å². The van der Waals surface area contributed by atoms with Gasteiger partial charge in [-0.15, -0.1) is 0 Å². The highest BCUT2D eigenvalue weighted by molar-refractivity contribution is 6.30. The number of halogens is 1. The van der Waals surface area contributed by atoms with Crippen molar-refractivity contribution in [2.24, 2.45) is 0 Å². The molecular weight excluding hydrogens is 344 g/mol. The summed E-state index contributed by atoms with van der Waals surface area (Å²) < 4.78 is 6.97. The summed E-state index contributed by atoms with van der Waals surface area (Å²) in [6.45, 7) is 2.27. The third-order valence-electron chi connectivity index (χ3n) is 3.75. The van der Waals surface area contributed by atoms with Crippen molar-refractivity contribution in [3.8, 4) is 0 Å². The van der Waals surface area contributed by atoms with E-state index in [9.17, 15) is 9.59 Å². The smallest absolute Gasteiger partial charge is 0.338 e. The Hall–Kier alpha value is -2.80. The fourth-order valence-electron chi connectivity index (χ4n) is 2.66. The molecular formula is C17H17ClN4O3. The number of aromatic nitrogens is 2. The molecule has 0 aliphatic carbocycles. The van der Waals surface area contributed by atoms with Gasteiger partial charge in [-0.25, -0.2) is 14.6 Å². The molecule has 8 heteroatoms. The highest BCUT2D eigenvalue weighted by atomic mass is 35.5. The minimum atomic E-state index is -0.622. The highest BCUT2D eigenvalue weighted by Crippen LogP contribution is 2.29. The van der Waals surface area contributed by atoms with E-state index in [2.05, 4.69) is 15.6 Å². The Morgan fingerprint density at radius 2 is 2.12 bits per heavy atom. The summed E-state index contributed by atoms with van der Waals surface area (Å²) in [4.78, 5) is 28.7. The molecule has 2 aromatic rings. The molecule has 0 spiro atoms. The minimum Gasteiger partial charge on any atom is -0.463 e. The van der Waals surface area contributed by atoms with Gasteiger partial charge in [-0.2, -0.15) is 0 Å². The number of nitrogens with zero attached hydrogens (tertiary/aromatic N) is 2. The second kappa shape index (κ2) is 7.40. The molecule has 1 aromatic heterocycles.